The topological polar surface area (TPSA) is 79.1 Å². The first-order valence-electron chi connectivity index (χ1n) is 3.44. The van der Waals surface area contributed by atoms with Crippen LogP contribution < -0.4 is 5.73 Å². The normalized spacial score (nSPS) is 12.8. The van der Waals surface area contributed by atoms with Crippen LogP contribution in [0.5, 0.6) is 0 Å². The Balaban J connectivity index is 2.31. The molecule has 0 spiro atoms. The van der Waals surface area contributed by atoms with Crippen LogP contribution in [0.2, 0.25) is 0 Å². The summed E-state index contributed by atoms with van der Waals surface area (Å²) in [6, 6.07) is 2.94. The number of hydrogen-bond donors (Lipinski definition) is 3. The second kappa shape index (κ2) is 4.18. The number of thioether (sulfide) groups is 1. The molecule has 0 aromatic carbocycles. The molecule has 0 radical (unpaired) electrons. The van der Waals surface area contributed by atoms with Crippen LogP contribution in [0.4, 0.5) is 0 Å². The number of aromatic nitrogens is 1. The summed E-state index contributed by atoms with van der Waals surface area (Å²) in [7, 11) is 0. The highest BCUT2D eigenvalue weighted by molar-refractivity contribution is 7.99. The first kappa shape index (κ1) is 9.15. The van der Waals surface area contributed by atoms with Gasteiger partial charge in [0.15, 0.2) is 0 Å². The maximum absolute atomic E-state index is 10.3. The molecular formula is C7H10N2O2S. The van der Waals surface area contributed by atoms with E-state index in [1.807, 2.05) is 12.1 Å². The molecule has 0 bridgehead atoms. The highest BCUT2D eigenvalue weighted by atomic mass is 32.2. The molecule has 1 heterocycles. The van der Waals surface area contributed by atoms with Gasteiger partial charge in [0.1, 0.15) is 6.04 Å². The van der Waals surface area contributed by atoms with Crippen LogP contribution in [0, 0.1) is 0 Å². The lowest BCUT2D eigenvalue weighted by Crippen LogP contribution is -2.32. The molecule has 5 heteroatoms. The molecule has 0 saturated heterocycles. The number of hydrogen-bond acceptors (Lipinski definition) is 3. The van der Waals surface area contributed by atoms with E-state index in [4.69, 9.17) is 10.8 Å². The fourth-order valence-corrected chi connectivity index (χ4v) is 1.48. The summed E-state index contributed by atoms with van der Waals surface area (Å²) in [6.45, 7) is 0. The fourth-order valence-electron chi connectivity index (χ4n) is 0.654. The summed E-state index contributed by atoms with van der Waals surface area (Å²) in [6.07, 6.45) is 1.79. The third-order valence-corrected chi connectivity index (χ3v) is 2.40. The Morgan fingerprint density at radius 2 is 2.58 bits per heavy atom. The van der Waals surface area contributed by atoms with Gasteiger partial charge in [-0.2, -0.15) is 0 Å². The number of carboxylic acid groups (broad SMARTS) is 1. The van der Waals surface area contributed by atoms with Gasteiger partial charge in [-0.1, -0.05) is 0 Å². The van der Waals surface area contributed by atoms with Gasteiger partial charge in [-0.25, -0.2) is 0 Å². The van der Waals surface area contributed by atoms with Crippen molar-refractivity contribution in [3.05, 3.63) is 18.3 Å². The summed E-state index contributed by atoms with van der Waals surface area (Å²) in [5, 5.41) is 9.40. The van der Waals surface area contributed by atoms with Crippen molar-refractivity contribution < 1.29 is 9.90 Å². The second-order valence-electron chi connectivity index (χ2n) is 2.29. The van der Waals surface area contributed by atoms with Gasteiger partial charge in [0.25, 0.3) is 0 Å². The Hall–Kier alpha value is -0.940. The van der Waals surface area contributed by atoms with E-state index in [9.17, 15) is 4.79 Å². The minimum Gasteiger partial charge on any atom is -0.480 e. The number of H-pyrrole nitrogens is 1. The molecule has 0 unspecified atom stereocenters. The minimum atomic E-state index is -0.964. The Labute approximate surface area is 74.2 Å². The number of aliphatic carboxylic acids is 1. The molecule has 1 aromatic heterocycles. The molecule has 12 heavy (non-hydrogen) atoms. The zero-order chi connectivity index (χ0) is 8.97. The minimum absolute atomic E-state index is 0.385. The SMILES string of the molecule is N[C@@H](CSc1ccc[nH]1)C(=O)O. The van der Waals surface area contributed by atoms with Crippen molar-refractivity contribution in [1.82, 2.24) is 4.98 Å². The summed E-state index contributed by atoms with van der Waals surface area (Å²) in [5.74, 6) is -0.579. The summed E-state index contributed by atoms with van der Waals surface area (Å²) >= 11 is 1.40. The van der Waals surface area contributed by atoms with Gasteiger partial charge >= 0.3 is 5.97 Å². The van der Waals surface area contributed by atoms with E-state index >= 15 is 0 Å². The third kappa shape index (κ3) is 2.60. The number of aromatic amines is 1. The number of carboxylic acids is 1. The van der Waals surface area contributed by atoms with E-state index in [0.29, 0.717) is 5.75 Å². The molecule has 0 fully saturated rings. The maximum Gasteiger partial charge on any atom is 0.321 e. The van der Waals surface area contributed by atoms with Crippen molar-refractivity contribution in [2.75, 3.05) is 5.75 Å². The van der Waals surface area contributed by atoms with Crippen LogP contribution in [-0.2, 0) is 4.79 Å². The molecule has 4 nitrogen and oxygen atoms in total. The van der Waals surface area contributed by atoms with E-state index in [2.05, 4.69) is 4.98 Å². The first-order chi connectivity index (χ1) is 5.70. The zero-order valence-corrected chi connectivity index (χ0v) is 7.17. The number of nitrogens with one attached hydrogen (secondary N) is 1. The van der Waals surface area contributed by atoms with Crippen molar-refractivity contribution in [3.8, 4) is 0 Å². The molecule has 1 atom stereocenters. The molecule has 0 saturated carbocycles. The quantitative estimate of drug-likeness (QED) is 0.599. The molecule has 4 N–H and O–H groups in total. The summed E-state index contributed by atoms with van der Waals surface area (Å²) in [4.78, 5) is 13.3. The third-order valence-electron chi connectivity index (χ3n) is 1.31. The molecule has 1 aromatic rings. The molecule has 0 aliphatic carbocycles. The van der Waals surface area contributed by atoms with Crippen LogP contribution in [-0.4, -0.2) is 27.9 Å². The second-order valence-corrected chi connectivity index (χ2v) is 3.35. The monoisotopic (exact) mass is 186 g/mol. The van der Waals surface area contributed by atoms with Gasteiger partial charge in [0, 0.05) is 11.9 Å². The first-order valence-corrected chi connectivity index (χ1v) is 4.43. The molecule has 1 rings (SSSR count). The predicted octanol–water partition coefficient (Wildman–Crippen LogP) is 0.519. The predicted molar refractivity (Wildman–Crippen MR) is 47.1 cm³/mol. The molecule has 0 amide bonds. The highest BCUT2D eigenvalue weighted by Crippen LogP contribution is 2.14. The standard InChI is InChI=1S/C7H10N2O2S/c8-5(7(10)11)4-12-6-2-1-3-9-6/h1-3,5,9H,4,8H2,(H,10,11)/t5-/m0/s1. The van der Waals surface area contributed by atoms with Gasteiger partial charge in [-0.3, -0.25) is 4.79 Å². The molecule has 66 valence electrons. The molecular weight excluding hydrogens is 176 g/mol. The smallest absolute Gasteiger partial charge is 0.321 e. The number of carbonyl (C=O) groups is 1. The fraction of sp³-hybridized carbons (Fsp3) is 0.286. The number of rotatable bonds is 4. The van der Waals surface area contributed by atoms with Crippen LogP contribution in [0.3, 0.4) is 0 Å². The van der Waals surface area contributed by atoms with E-state index in [-0.39, 0.29) is 0 Å². The van der Waals surface area contributed by atoms with Crippen LogP contribution in [0.1, 0.15) is 0 Å². The Kier molecular flexibility index (Phi) is 3.19. The van der Waals surface area contributed by atoms with Gasteiger partial charge < -0.3 is 15.8 Å². The van der Waals surface area contributed by atoms with Crippen LogP contribution in [0.15, 0.2) is 23.4 Å². The van der Waals surface area contributed by atoms with E-state index in [1.165, 1.54) is 11.8 Å². The number of nitrogens with two attached hydrogens (primary N) is 1. The van der Waals surface area contributed by atoms with Crippen molar-refractivity contribution in [2.24, 2.45) is 5.73 Å². The van der Waals surface area contributed by atoms with Gasteiger partial charge in [-0.15, -0.1) is 11.8 Å². The van der Waals surface area contributed by atoms with Crippen LogP contribution in [0.25, 0.3) is 0 Å². The van der Waals surface area contributed by atoms with Crippen molar-refractivity contribution in [1.29, 1.82) is 0 Å². The highest BCUT2D eigenvalue weighted by Gasteiger charge is 2.11. The maximum atomic E-state index is 10.3. The average molecular weight is 186 g/mol. The van der Waals surface area contributed by atoms with Gasteiger partial charge in [-0.05, 0) is 12.1 Å². The molecule has 0 aliphatic rings. The van der Waals surface area contributed by atoms with Gasteiger partial charge in [0.05, 0.1) is 5.03 Å². The van der Waals surface area contributed by atoms with Crippen molar-refractivity contribution >= 4 is 17.7 Å². The summed E-state index contributed by atoms with van der Waals surface area (Å²) < 4.78 is 0. The Morgan fingerprint density at radius 1 is 1.83 bits per heavy atom. The van der Waals surface area contributed by atoms with Gasteiger partial charge in [0.2, 0.25) is 0 Å². The Morgan fingerprint density at radius 3 is 3.08 bits per heavy atom. The molecule has 0 aliphatic heterocycles. The van der Waals surface area contributed by atoms with E-state index in [1.54, 1.807) is 6.20 Å². The zero-order valence-electron chi connectivity index (χ0n) is 6.36. The van der Waals surface area contributed by atoms with E-state index in [0.717, 1.165) is 5.03 Å². The lowest BCUT2D eigenvalue weighted by Gasteiger charge is -2.03. The summed E-state index contributed by atoms with van der Waals surface area (Å²) in [5.41, 5.74) is 5.30. The largest absolute Gasteiger partial charge is 0.480 e. The van der Waals surface area contributed by atoms with Crippen LogP contribution >= 0.6 is 11.8 Å². The van der Waals surface area contributed by atoms with Crippen molar-refractivity contribution in [3.63, 3.8) is 0 Å². The average Bonchev–Trinajstić information content (AvgIpc) is 2.51. The lowest BCUT2D eigenvalue weighted by atomic mass is 10.4. The van der Waals surface area contributed by atoms with Crippen molar-refractivity contribution in [2.45, 2.75) is 11.1 Å². The van der Waals surface area contributed by atoms with E-state index < -0.39 is 12.0 Å². The Bertz CT molecular complexity index is 248. The lowest BCUT2D eigenvalue weighted by molar-refractivity contribution is -0.137.